The Balaban J connectivity index is 2.91. The van der Waals surface area contributed by atoms with Gasteiger partial charge in [-0.3, -0.25) is 0 Å². The lowest BCUT2D eigenvalue weighted by Crippen LogP contribution is -2.24. The maximum atomic E-state index is 13.6. The lowest BCUT2D eigenvalue weighted by atomic mass is 10.0. The van der Waals surface area contributed by atoms with E-state index in [9.17, 15) is 8.78 Å². The number of pyridine rings is 1. The van der Waals surface area contributed by atoms with E-state index in [2.05, 4.69) is 29.5 Å². The number of rotatable bonds is 6. The Bertz CT molecular complexity index is 396. The molecule has 1 aromatic rings. The van der Waals surface area contributed by atoms with Crippen LogP contribution < -0.4 is 10.6 Å². The maximum Gasteiger partial charge on any atom is 0.168 e. The molecule has 18 heavy (non-hydrogen) atoms. The molecule has 2 atom stereocenters. The van der Waals surface area contributed by atoms with Gasteiger partial charge in [0.25, 0.3) is 0 Å². The van der Waals surface area contributed by atoms with Gasteiger partial charge in [0.05, 0.1) is 0 Å². The molecular weight excluding hydrogens is 236 g/mol. The number of nitrogens with zero attached hydrogens (tertiary/aromatic N) is 1. The van der Waals surface area contributed by atoms with Crippen LogP contribution in [0.15, 0.2) is 6.07 Å². The summed E-state index contributed by atoms with van der Waals surface area (Å²) in [7, 11) is 0. The normalized spacial score (nSPS) is 14.1. The highest BCUT2D eigenvalue weighted by Gasteiger charge is 2.16. The number of hydrogen-bond donors (Lipinski definition) is 2. The first kappa shape index (κ1) is 14.7. The second-order valence-electron chi connectivity index (χ2n) is 4.50. The first-order valence-electron chi connectivity index (χ1n) is 6.36. The van der Waals surface area contributed by atoms with Crippen molar-refractivity contribution >= 4 is 11.6 Å². The lowest BCUT2D eigenvalue weighted by molar-refractivity contribution is 0.488. The van der Waals surface area contributed by atoms with Crippen molar-refractivity contribution in [2.45, 2.75) is 40.2 Å². The minimum Gasteiger partial charge on any atom is -0.368 e. The minimum absolute atomic E-state index is 0.0805. The molecule has 0 saturated heterocycles. The van der Waals surface area contributed by atoms with Gasteiger partial charge in [0.1, 0.15) is 0 Å². The van der Waals surface area contributed by atoms with Crippen LogP contribution in [-0.2, 0) is 0 Å². The summed E-state index contributed by atoms with van der Waals surface area (Å²) in [5, 5.41) is 5.76. The molecule has 0 aliphatic carbocycles. The second kappa shape index (κ2) is 6.52. The highest BCUT2D eigenvalue weighted by Crippen LogP contribution is 2.21. The number of aromatic nitrogens is 1. The van der Waals surface area contributed by atoms with Crippen molar-refractivity contribution in [2.24, 2.45) is 5.92 Å². The van der Waals surface area contributed by atoms with Crippen molar-refractivity contribution in [3.63, 3.8) is 0 Å². The van der Waals surface area contributed by atoms with Gasteiger partial charge in [-0.05, 0) is 19.8 Å². The van der Waals surface area contributed by atoms with E-state index >= 15 is 0 Å². The Labute approximate surface area is 107 Å². The Kier molecular flexibility index (Phi) is 5.31. The summed E-state index contributed by atoms with van der Waals surface area (Å²) < 4.78 is 27.0. The molecule has 0 saturated carbocycles. The van der Waals surface area contributed by atoms with Gasteiger partial charge in [0.2, 0.25) is 0 Å². The molecule has 3 nitrogen and oxygen atoms in total. The molecule has 2 N–H and O–H groups in total. The molecule has 0 radical (unpaired) electrons. The number of anilines is 2. The predicted octanol–water partition coefficient (Wildman–Crippen LogP) is 3.64. The standard InChI is InChI=1S/C13H21F2N3/c1-5-8(3)9(4)17-13-11(15)7-10(14)12(18-13)16-6-2/h7-9H,5-6H2,1-4H3,(H2,16,17,18). The average Bonchev–Trinajstić information content (AvgIpc) is 2.34. The highest BCUT2D eigenvalue weighted by atomic mass is 19.1. The highest BCUT2D eigenvalue weighted by molar-refractivity contribution is 5.47. The van der Waals surface area contributed by atoms with Crippen LogP contribution in [0.2, 0.25) is 0 Å². The van der Waals surface area contributed by atoms with Gasteiger partial charge in [0, 0.05) is 18.7 Å². The molecule has 102 valence electrons. The van der Waals surface area contributed by atoms with Gasteiger partial charge >= 0.3 is 0 Å². The van der Waals surface area contributed by atoms with E-state index < -0.39 is 11.6 Å². The molecule has 0 aliphatic heterocycles. The molecule has 1 aromatic heterocycles. The van der Waals surface area contributed by atoms with E-state index in [1.165, 1.54) is 0 Å². The molecule has 0 amide bonds. The summed E-state index contributed by atoms with van der Waals surface area (Å²) in [5.74, 6) is -0.767. The monoisotopic (exact) mass is 257 g/mol. The van der Waals surface area contributed by atoms with Crippen LogP contribution in [0.3, 0.4) is 0 Å². The van der Waals surface area contributed by atoms with Gasteiger partial charge in [0.15, 0.2) is 23.3 Å². The molecule has 0 aliphatic rings. The third kappa shape index (κ3) is 3.55. The number of hydrogen-bond acceptors (Lipinski definition) is 3. The third-order valence-electron chi connectivity index (χ3n) is 3.14. The zero-order valence-electron chi connectivity index (χ0n) is 11.3. The van der Waals surface area contributed by atoms with Crippen LogP contribution in [0.25, 0.3) is 0 Å². The van der Waals surface area contributed by atoms with Gasteiger partial charge < -0.3 is 10.6 Å². The van der Waals surface area contributed by atoms with E-state index in [0.717, 1.165) is 12.5 Å². The van der Waals surface area contributed by atoms with Crippen molar-refractivity contribution in [3.8, 4) is 0 Å². The summed E-state index contributed by atoms with van der Waals surface area (Å²) in [4.78, 5) is 3.95. The van der Waals surface area contributed by atoms with E-state index in [4.69, 9.17) is 0 Å². The molecule has 1 rings (SSSR count). The Morgan fingerprint density at radius 1 is 1.17 bits per heavy atom. The fraction of sp³-hybridized carbons (Fsp3) is 0.615. The summed E-state index contributed by atoms with van der Waals surface area (Å²) in [5.41, 5.74) is 0. The van der Waals surface area contributed by atoms with Crippen molar-refractivity contribution in [1.29, 1.82) is 0 Å². The summed E-state index contributed by atoms with van der Waals surface area (Å²) in [6.45, 7) is 8.48. The van der Waals surface area contributed by atoms with Crippen molar-refractivity contribution in [2.75, 3.05) is 17.2 Å². The van der Waals surface area contributed by atoms with Gasteiger partial charge in [-0.2, -0.15) is 0 Å². The first-order valence-corrected chi connectivity index (χ1v) is 6.36. The Hall–Kier alpha value is -1.39. The smallest absolute Gasteiger partial charge is 0.168 e. The van der Waals surface area contributed by atoms with Crippen molar-refractivity contribution in [1.82, 2.24) is 4.98 Å². The summed E-state index contributed by atoms with van der Waals surface area (Å²) in [6, 6.07) is 0.938. The van der Waals surface area contributed by atoms with Crippen LogP contribution >= 0.6 is 0 Å². The zero-order valence-corrected chi connectivity index (χ0v) is 11.3. The predicted molar refractivity (Wildman–Crippen MR) is 70.9 cm³/mol. The molecule has 2 unspecified atom stereocenters. The van der Waals surface area contributed by atoms with Crippen LogP contribution in [0.5, 0.6) is 0 Å². The van der Waals surface area contributed by atoms with Crippen molar-refractivity contribution < 1.29 is 8.78 Å². The van der Waals surface area contributed by atoms with E-state index in [1.54, 1.807) is 0 Å². The molecule has 0 bridgehead atoms. The Morgan fingerprint density at radius 2 is 1.78 bits per heavy atom. The SMILES string of the molecule is CCNc1nc(NC(C)C(C)CC)c(F)cc1F. The molecule has 1 heterocycles. The maximum absolute atomic E-state index is 13.6. The topological polar surface area (TPSA) is 37.0 Å². The van der Waals surface area contributed by atoms with Crippen LogP contribution in [0, 0.1) is 17.6 Å². The molecule has 5 heteroatoms. The van der Waals surface area contributed by atoms with Gasteiger partial charge in [-0.1, -0.05) is 20.3 Å². The average molecular weight is 257 g/mol. The van der Waals surface area contributed by atoms with E-state index in [-0.39, 0.29) is 17.7 Å². The third-order valence-corrected chi connectivity index (χ3v) is 3.14. The summed E-state index contributed by atoms with van der Waals surface area (Å²) in [6.07, 6.45) is 0.983. The van der Waals surface area contributed by atoms with E-state index in [0.29, 0.717) is 12.5 Å². The molecule has 0 spiro atoms. The largest absolute Gasteiger partial charge is 0.368 e. The fourth-order valence-electron chi connectivity index (χ4n) is 1.57. The van der Waals surface area contributed by atoms with Gasteiger partial charge in [-0.25, -0.2) is 13.8 Å². The minimum atomic E-state index is -0.670. The fourth-order valence-corrected chi connectivity index (χ4v) is 1.57. The first-order chi connectivity index (χ1) is 8.49. The van der Waals surface area contributed by atoms with Gasteiger partial charge in [-0.15, -0.1) is 0 Å². The number of nitrogens with one attached hydrogen (secondary N) is 2. The number of halogens is 2. The van der Waals surface area contributed by atoms with Crippen LogP contribution in [0.4, 0.5) is 20.4 Å². The molecular formula is C13H21F2N3. The Morgan fingerprint density at radius 3 is 2.33 bits per heavy atom. The lowest BCUT2D eigenvalue weighted by Gasteiger charge is -2.21. The second-order valence-corrected chi connectivity index (χ2v) is 4.50. The van der Waals surface area contributed by atoms with E-state index in [1.807, 2.05) is 13.8 Å². The molecule has 0 fully saturated rings. The van der Waals surface area contributed by atoms with Crippen LogP contribution in [0.1, 0.15) is 34.1 Å². The zero-order chi connectivity index (χ0) is 13.7. The van der Waals surface area contributed by atoms with Crippen molar-refractivity contribution in [3.05, 3.63) is 17.7 Å². The van der Waals surface area contributed by atoms with Crippen LogP contribution in [-0.4, -0.2) is 17.6 Å². The summed E-state index contributed by atoms with van der Waals surface area (Å²) >= 11 is 0. The molecule has 0 aromatic carbocycles. The quantitative estimate of drug-likeness (QED) is 0.817.